The number of benzene rings is 2. The van der Waals surface area contributed by atoms with Crippen LogP contribution in [0.1, 0.15) is 103 Å². The van der Waals surface area contributed by atoms with Gasteiger partial charge in [-0.15, -0.1) is 0 Å². The highest BCUT2D eigenvalue weighted by Gasteiger charge is 2.52. The van der Waals surface area contributed by atoms with Gasteiger partial charge in [0.25, 0.3) is 0 Å². The van der Waals surface area contributed by atoms with Crippen LogP contribution in [0.5, 0.6) is 11.5 Å². The molecule has 7 nitrogen and oxygen atoms in total. The number of aryl methyl sites for hydroxylation is 2. The molecule has 1 fully saturated rings. The molecule has 2 aromatic carbocycles. The molecule has 1 N–H and O–H groups in total. The van der Waals surface area contributed by atoms with Gasteiger partial charge in [0.1, 0.15) is 17.3 Å². The Morgan fingerprint density at radius 2 is 1.47 bits per heavy atom. The Balaban J connectivity index is 2.24. The molecule has 3 rings (SSSR count). The number of aliphatic hydroxyl groups excluding tert-OH is 1. The number of methoxy groups -OCH3 is 2. The third-order valence-corrected chi connectivity index (χ3v) is 15.2. The van der Waals surface area contributed by atoms with Crippen LogP contribution in [-0.4, -0.2) is 58.7 Å². The van der Waals surface area contributed by atoms with E-state index in [1.165, 1.54) is 0 Å². The Morgan fingerprint density at radius 3 is 2.00 bits per heavy atom. The summed E-state index contributed by atoms with van der Waals surface area (Å²) in [6.07, 6.45) is 5.53. The van der Waals surface area contributed by atoms with Crippen LogP contribution in [0.25, 0.3) is 0 Å². The number of carbonyl (C=O) groups excluding carboxylic acids is 1. The summed E-state index contributed by atoms with van der Waals surface area (Å²) in [6, 6.07) is 17.4. The Bertz CT molecular complexity index is 1180. The van der Waals surface area contributed by atoms with Crippen molar-refractivity contribution < 1.29 is 33.3 Å². The number of Topliss-reactive ketones (excluding diaryl/α,β-unsaturated/α-hetero) is 1. The summed E-state index contributed by atoms with van der Waals surface area (Å²) in [5.41, 5.74) is 2.48. The van der Waals surface area contributed by atoms with Gasteiger partial charge in [-0.05, 0) is 93.3 Å². The average molecular weight is 671 g/mol. The molecule has 2 aromatic rings. The number of carbonyl (C=O) groups is 1. The van der Waals surface area contributed by atoms with Crippen molar-refractivity contribution in [1.82, 2.24) is 0 Å². The molecule has 0 spiro atoms. The Morgan fingerprint density at radius 1 is 0.872 bits per heavy atom. The van der Waals surface area contributed by atoms with Crippen LogP contribution in [0.15, 0.2) is 42.5 Å². The summed E-state index contributed by atoms with van der Waals surface area (Å²) >= 11 is 0. The second-order valence-electron chi connectivity index (χ2n) is 13.8. The molecular weight excluding hydrogens is 609 g/mol. The fraction of sp³-hybridized carbons (Fsp3) is 0.667. The van der Waals surface area contributed by atoms with Gasteiger partial charge in [0.15, 0.2) is 21.9 Å². The fourth-order valence-corrected chi connectivity index (χ4v) is 10.8. The van der Waals surface area contributed by atoms with Crippen molar-refractivity contribution in [3.8, 4) is 11.5 Å². The van der Waals surface area contributed by atoms with Gasteiger partial charge in [-0.25, -0.2) is 0 Å². The van der Waals surface area contributed by atoms with Gasteiger partial charge >= 0.3 is 0 Å². The van der Waals surface area contributed by atoms with Crippen molar-refractivity contribution in [2.24, 2.45) is 11.8 Å². The molecule has 0 amide bonds. The minimum Gasteiger partial charge on any atom is -0.467 e. The maximum absolute atomic E-state index is 14.1. The number of aliphatic hydroxyl groups is 1. The van der Waals surface area contributed by atoms with E-state index in [2.05, 4.69) is 65.8 Å². The lowest BCUT2D eigenvalue weighted by atomic mass is 9.61. The van der Waals surface area contributed by atoms with Crippen molar-refractivity contribution in [1.29, 1.82) is 0 Å². The van der Waals surface area contributed by atoms with Crippen molar-refractivity contribution in [2.75, 3.05) is 27.8 Å². The average Bonchev–Trinajstić information content (AvgIpc) is 3.08. The molecule has 2 unspecified atom stereocenters. The van der Waals surface area contributed by atoms with E-state index in [4.69, 9.17) is 23.4 Å². The molecular formula is C39H62O7Si. The number of ether oxygens (including phenoxy) is 4. The largest absolute Gasteiger partial charge is 0.467 e. The summed E-state index contributed by atoms with van der Waals surface area (Å²) in [6.45, 7) is 13.4. The van der Waals surface area contributed by atoms with Gasteiger partial charge in [-0.1, -0.05) is 70.9 Å². The second-order valence-corrected chi connectivity index (χ2v) is 18.5. The summed E-state index contributed by atoms with van der Waals surface area (Å²) in [5, 5.41) is 12.0. The molecule has 4 atom stereocenters. The zero-order chi connectivity index (χ0) is 34.5. The predicted molar refractivity (Wildman–Crippen MR) is 192 cm³/mol. The molecule has 0 radical (unpaired) electrons. The molecule has 0 aliphatic heterocycles. The molecule has 0 bridgehead atoms. The van der Waals surface area contributed by atoms with E-state index in [1.807, 2.05) is 18.2 Å². The summed E-state index contributed by atoms with van der Waals surface area (Å²) in [4.78, 5) is 14.1. The highest BCUT2D eigenvalue weighted by atomic mass is 28.4. The van der Waals surface area contributed by atoms with Crippen molar-refractivity contribution in [2.45, 2.75) is 129 Å². The van der Waals surface area contributed by atoms with Gasteiger partial charge in [-0.3, -0.25) is 4.79 Å². The zero-order valence-electron chi connectivity index (χ0n) is 30.4. The molecule has 264 valence electrons. The minimum atomic E-state index is -2.04. The van der Waals surface area contributed by atoms with Crippen LogP contribution in [0.3, 0.4) is 0 Å². The quantitative estimate of drug-likeness (QED) is 0.0807. The van der Waals surface area contributed by atoms with Crippen molar-refractivity contribution >= 4 is 14.1 Å². The molecule has 0 aromatic heterocycles. The second kappa shape index (κ2) is 19.1. The third kappa shape index (κ3) is 10.4. The predicted octanol–water partition coefficient (Wildman–Crippen LogP) is 8.86. The topological polar surface area (TPSA) is 83.5 Å². The lowest BCUT2D eigenvalue weighted by Gasteiger charge is -2.50. The Labute approximate surface area is 285 Å². The molecule has 47 heavy (non-hydrogen) atoms. The molecule has 1 saturated carbocycles. The van der Waals surface area contributed by atoms with Gasteiger partial charge in [0.05, 0.1) is 17.6 Å². The molecule has 1 aliphatic carbocycles. The number of ketones is 1. The summed E-state index contributed by atoms with van der Waals surface area (Å²) < 4.78 is 30.8. The van der Waals surface area contributed by atoms with Crippen LogP contribution in [0.2, 0.25) is 18.1 Å². The molecule has 0 saturated heterocycles. The van der Waals surface area contributed by atoms with Crippen molar-refractivity contribution in [3.05, 3.63) is 59.2 Å². The highest BCUT2D eigenvalue weighted by Crippen LogP contribution is 2.54. The van der Waals surface area contributed by atoms with Crippen LogP contribution in [0.4, 0.5) is 0 Å². The van der Waals surface area contributed by atoms with Crippen LogP contribution >= 0.6 is 0 Å². The van der Waals surface area contributed by atoms with E-state index in [9.17, 15) is 9.90 Å². The third-order valence-electron chi connectivity index (χ3n) is 10.4. The first-order valence-corrected chi connectivity index (χ1v) is 20.5. The highest BCUT2D eigenvalue weighted by molar-refractivity contribution is 6.73. The number of hydrogen-bond acceptors (Lipinski definition) is 7. The van der Waals surface area contributed by atoms with E-state index < -0.39 is 31.9 Å². The minimum absolute atomic E-state index is 0.0547. The van der Waals surface area contributed by atoms with E-state index in [0.29, 0.717) is 37.2 Å². The first kappa shape index (κ1) is 39.2. The Kier molecular flexibility index (Phi) is 15.9. The van der Waals surface area contributed by atoms with Crippen LogP contribution < -0.4 is 9.47 Å². The monoisotopic (exact) mass is 670 g/mol. The SMILES string of the molecule is CCCCCc1cc(OCOC)c([C@@H]2C(C(O)CCc3ccccc3)C(=O)CC[C@H]2C(C)(C)O[Si](CC)(CC)CC)c(OCOC)c1. The van der Waals surface area contributed by atoms with E-state index in [0.717, 1.165) is 60.5 Å². The zero-order valence-corrected chi connectivity index (χ0v) is 31.4. The Hall–Kier alpha value is -2.23. The van der Waals surface area contributed by atoms with E-state index >= 15 is 0 Å². The van der Waals surface area contributed by atoms with Gasteiger partial charge in [0, 0.05) is 32.1 Å². The lowest BCUT2D eigenvalue weighted by Crippen LogP contribution is -2.53. The van der Waals surface area contributed by atoms with Gasteiger partial charge in [-0.2, -0.15) is 0 Å². The summed E-state index contributed by atoms with van der Waals surface area (Å²) in [7, 11) is 1.18. The maximum Gasteiger partial charge on any atom is 0.192 e. The fourth-order valence-electron chi connectivity index (χ4n) is 7.64. The summed E-state index contributed by atoms with van der Waals surface area (Å²) in [5.74, 6) is 0.221. The molecule has 1 aliphatic rings. The van der Waals surface area contributed by atoms with Crippen LogP contribution in [-0.2, 0) is 31.5 Å². The van der Waals surface area contributed by atoms with Crippen molar-refractivity contribution in [3.63, 3.8) is 0 Å². The first-order valence-electron chi connectivity index (χ1n) is 17.9. The van der Waals surface area contributed by atoms with Crippen LogP contribution in [0, 0.1) is 11.8 Å². The number of unbranched alkanes of at least 4 members (excludes halogenated alkanes) is 2. The van der Waals surface area contributed by atoms with E-state index in [1.54, 1.807) is 14.2 Å². The maximum atomic E-state index is 14.1. The normalized spacial score (nSPS) is 19.5. The smallest absolute Gasteiger partial charge is 0.192 e. The molecule has 8 heteroatoms. The lowest BCUT2D eigenvalue weighted by molar-refractivity contribution is -0.135. The standard InChI is InChI=1S/C39H62O7Si/c1-9-13-15-20-30-25-34(44-27-42-7)38(35(26-30)45-28-43-8)36-31(39(5,6)46-47(10-2,11-3)12-4)22-24-33(41)37(36)32(40)23-21-29-18-16-14-17-19-29/h14,16-19,25-26,31-32,36-37,40H,9-13,15,20-24,27-28H2,1-8H3/t31-,32?,36+,37?/m1/s1. The van der Waals surface area contributed by atoms with E-state index in [-0.39, 0.29) is 25.3 Å². The first-order chi connectivity index (χ1) is 22.6. The molecule has 0 heterocycles. The number of hydrogen-bond donors (Lipinski definition) is 1. The van der Waals surface area contributed by atoms with Gasteiger partial charge < -0.3 is 28.5 Å². The van der Waals surface area contributed by atoms with Gasteiger partial charge in [0.2, 0.25) is 0 Å². The number of rotatable bonds is 21.